The molecule has 0 spiro atoms. The van der Waals surface area contributed by atoms with Crippen LogP contribution in [0.2, 0.25) is 0 Å². The topological polar surface area (TPSA) is 92.3 Å². The molecule has 0 saturated heterocycles. The van der Waals surface area contributed by atoms with Gasteiger partial charge in [0.1, 0.15) is 0 Å². The van der Waals surface area contributed by atoms with Crippen LogP contribution in [-0.2, 0) is 17.7 Å². The van der Waals surface area contributed by atoms with E-state index < -0.39 is 17.7 Å². The molecule has 0 bridgehead atoms. The molecule has 0 aromatic heterocycles. The fourth-order valence-corrected chi connectivity index (χ4v) is 6.42. The lowest BCUT2D eigenvalue weighted by Gasteiger charge is -2.09. The lowest BCUT2D eigenvalue weighted by atomic mass is 10.3. The van der Waals surface area contributed by atoms with Crippen LogP contribution in [0, 0.1) is 0 Å². The highest BCUT2D eigenvalue weighted by Crippen LogP contribution is 2.28. The van der Waals surface area contributed by atoms with Crippen LogP contribution in [0.3, 0.4) is 0 Å². The summed E-state index contributed by atoms with van der Waals surface area (Å²) in [7, 11) is -5.83. The van der Waals surface area contributed by atoms with Gasteiger partial charge in [0.25, 0.3) is 0 Å². The summed E-state index contributed by atoms with van der Waals surface area (Å²) in [6.07, 6.45) is 0. The van der Waals surface area contributed by atoms with Crippen molar-refractivity contribution in [3.05, 3.63) is 84.9 Å². The maximum Gasteiger partial charge on any atom is 0.249 e. The van der Waals surface area contributed by atoms with Gasteiger partial charge in [0.15, 0.2) is 0 Å². The van der Waals surface area contributed by atoms with Gasteiger partial charge in [0.05, 0.1) is 31.8 Å². The predicted molar refractivity (Wildman–Crippen MR) is 116 cm³/mol. The zero-order valence-corrected chi connectivity index (χ0v) is 17.6. The van der Waals surface area contributed by atoms with Crippen LogP contribution in [0.5, 0.6) is 0 Å². The van der Waals surface area contributed by atoms with Gasteiger partial charge in [-0.15, -0.1) is 0 Å². The maximum atomic E-state index is 12.2. The van der Waals surface area contributed by atoms with Crippen molar-refractivity contribution in [3.8, 4) is 0 Å². The molecule has 3 aromatic carbocycles. The third-order valence-electron chi connectivity index (χ3n) is 3.49. The molecular weight excluding hydrogens is 436 g/mol. The second kappa shape index (κ2) is 8.91. The highest BCUT2D eigenvalue weighted by molar-refractivity contribution is 8.72. The molecule has 0 amide bonds. The zero-order valence-electron chi connectivity index (χ0n) is 14.3. The summed E-state index contributed by atoms with van der Waals surface area (Å²) in [5, 5.41) is 0. The molecule has 0 aliphatic rings. The van der Waals surface area contributed by atoms with Crippen molar-refractivity contribution in [2.24, 2.45) is 0 Å². The lowest BCUT2D eigenvalue weighted by molar-refractivity contribution is 0.609. The average molecular weight is 453 g/mol. The number of anilines is 2. The quantitative estimate of drug-likeness (QED) is 0.379. The Bertz CT molecular complexity index is 1030. The molecule has 0 radical (unpaired) electrons. The van der Waals surface area contributed by atoms with Gasteiger partial charge in [-0.3, -0.25) is 0 Å². The molecule has 28 heavy (non-hydrogen) atoms. The van der Waals surface area contributed by atoms with E-state index in [4.69, 9.17) is 0 Å². The standard InChI is InChI=1S/C18H16N2O4S4/c21-27(22,17-7-3-1-4-8-17)25-19-15-11-13-16(14-12-15)20-26-28(23,24)18-9-5-2-6-10-18/h1-14,19-20H. The van der Waals surface area contributed by atoms with Crippen LogP contribution >= 0.6 is 22.0 Å². The largest absolute Gasteiger partial charge is 0.316 e. The van der Waals surface area contributed by atoms with Gasteiger partial charge in [0.2, 0.25) is 17.7 Å². The molecule has 10 heteroatoms. The Balaban J connectivity index is 1.58. The van der Waals surface area contributed by atoms with Gasteiger partial charge in [-0.1, -0.05) is 36.4 Å². The van der Waals surface area contributed by atoms with Crippen LogP contribution in [0.1, 0.15) is 0 Å². The van der Waals surface area contributed by atoms with E-state index in [2.05, 4.69) is 9.44 Å². The first-order valence-corrected chi connectivity index (χ1v) is 13.6. The minimum atomic E-state index is -3.52. The molecule has 2 N–H and O–H groups in total. The van der Waals surface area contributed by atoms with E-state index in [1.807, 2.05) is 0 Å². The minimum Gasteiger partial charge on any atom is -0.316 e. The van der Waals surface area contributed by atoms with Crippen LogP contribution < -0.4 is 9.44 Å². The van der Waals surface area contributed by atoms with Gasteiger partial charge in [0, 0.05) is 11.4 Å². The van der Waals surface area contributed by atoms with Crippen LogP contribution in [0.15, 0.2) is 94.7 Å². The Morgan fingerprint density at radius 1 is 0.500 bits per heavy atom. The van der Waals surface area contributed by atoms with E-state index in [1.165, 1.54) is 24.3 Å². The average Bonchev–Trinajstić information content (AvgIpc) is 2.73. The maximum absolute atomic E-state index is 12.2. The first kappa shape index (κ1) is 20.6. The van der Waals surface area contributed by atoms with Crippen molar-refractivity contribution < 1.29 is 16.8 Å². The fraction of sp³-hybridized carbons (Fsp3) is 0. The van der Waals surface area contributed by atoms with E-state index in [0.29, 0.717) is 33.3 Å². The summed E-state index contributed by atoms with van der Waals surface area (Å²) >= 11 is 0. The van der Waals surface area contributed by atoms with E-state index >= 15 is 0 Å². The smallest absolute Gasteiger partial charge is 0.249 e. The number of benzene rings is 3. The summed E-state index contributed by atoms with van der Waals surface area (Å²) in [4.78, 5) is 0.432. The van der Waals surface area contributed by atoms with E-state index in [-0.39, 0.29) is 9.79 Å². The third-order valence-corrected chi connectivity index (χ3v) is 9.23. The van der Waals surface area contributed by atoms with Gasteiger partial charge in [-0.25, -0.2) is 16.8 Å². The van der Waals surface area contributed by atoms with E-state index in [9.17, 15) is 16.8 Å². The Morgan fingerprint density at radius 3 is 1.14 bits per heavy atom. The van der Waals surface area contributed by atoms with Crippen LogP contribution in [-0.4, -0.2) is 16.8 Å². The second-order valence-electron chi connectivity index (χ2n) is 5.48. The summed E-state index contributed by atoms with van der Waals surface area (Å²) in [6, 6.07) is 22.9. The molecular formula is C18H16N2O4S4. The van der Waals surface area contributed by atoms with Crippen molar-refractivity contribution in [2.45, 2.75) is 9.79 Å². The molecule has 3 rings (SSSR count). The molecule has 146 valence electrons. The fourth-order valence-electron chi connectivity index (χ4n) is 2.08. The van der Waals surface area contributed by atoms with Gasteiger partial charge in [-0.2, -0.15) is 0 Å². The van der Waals surface area contributed by atoms with Gasteiger partial charge in [-0.05, 0) is 48.5 Å². The monoisotopic (exact) mass is 452 g/mol. The van der Waals surface area contributed by atoms with Crippen molar-refractivity contribution in [3.63, 3.8) is 0 Å². The van der Waals surface area contributed by atoms with E-state index in [1.54, 1.807) is 60.7 Å². The number of hydrogen-bond donors (Lipinski definition) is 2. The third kappa shape index (κ3) is 5.44. The van der Waals surface area contributed by atoms with Crippen molar-refractivity contribution >= 4 is 51.1 Å². The predicted octanol–water partition coefficient (Wildman–Crippen LogP) is 4.58. The summed E-state index contributed by atoms with van der Waals surface area (Å²) < 4.78 is 54.5. The van der Waals surface area contributed by atoms with Crippen LogP contribution in [0.25, 0.3) is 0 Å². The second-order valence-corrected chi connectivity index (χ2v) is 12.6. The van der Waals surface area contributed by atoms with Gasteiger partial charge < -0.3 is 9.44 Å². The molecule has 0 aliphatic heterocycles. The SMILES string of the molecule is O=S(=O)(SNc1ccc(NSS(=O)(=O)c2ccccc2)cc1)c1ccccc1. The highest BCUT2D eigenvalue weighted by Gasteiger charge is 2.16. The Labute approximate surface area is 171 Å². The highest BCUT2D eigenvalue weighted by atomic mass is 33.1. The van der Waals surface area contributed by atoms with Gasteiger partial charge >= 0.3 is 0 Å². The molecule has 6 nitrogen and oxygen atoms in total. The summed E-state index contributed by atoms with van der Waals surface area (Å²) in [5.41, 5.74) is 1.15. The Morgan fingerprint density at radius 2 is 0.821 bits per heavy atom. The molecule has 0 heterocycles. The molecule has 0 atom stereocenters. The number of rotatable bonds is 8. The van der Waals surface area contributed by atoms with Crippen LogP contribution in [0.4, 0.5) is 11.4 Å². The minimum absolute atomic E-state index is 0.216. The Kier molecular flexibility index (Phi) is 6.55. The normalized spacial score (nSPS) is 11.7. The first-order valence-electron chi connectivity index (χ1n) is 7.96. The molecule has 0 saturated carbocycles. The van der Waals surface area contributed by atoms with E-state index in [0.717, 1.165) is 0 Å². The molecule has 0 aliphatic carbocycles. The molecule has 3 aromatic rings. The lowest BCUT2D eigenvalue weighted by Crippen LogP contribution is -2.00. The van der Waals surface area contributed by atoms with Crippen molar-refractivity contribution in [2.75, 3.05) is 9.44 Å². The summed E-state index contributed by atoms with van der Waals surface area (Å²) in [6.45, 7) is 0. The first-order chi connectivity index (χ1) is 13.4. The summed E-state index contributed by atoms with van der Waals surface area (Å²) in [5.74, 6) is 0. The van der Waals surface area contributed by atoms with Crippen molar-refractivity contribution in [1.82, 2.24) is 0 Å². The van der Waals surface area contributed by atoms with Crippen molar-refractivity contribution in [1.29, 1.82) is 0 Å². The molecule has 0 fully saturated rings. The number of nitrogens with one attached hydrogen (secondary N) is 2. The number of hydrogen-bond acceptors (Lipinski definition) is 8. The zero-order chi connectivity index (χ0) is 20.0. The molecule has 0 unspecified atom stereocenters. The Hall–Kier alpha value is -2.14.